The summed E-state index contributed by atoms with van der Waals surface area (Å²) >= 11 is 1.13. The summed E-state index contributed by atoms with van der Waals surface area (Å²) in [5.41, 5.74) is 2.10. The number of nitrogens with one attached hydrogen (secondary N) is 1. The quantitative estimate of drug-likeness (QED) is 0.837. The maximum Gasteiger partial charge on any atom is 0.324 e. The van der Waals surface area contributed by atoms with Crippen molar-refractivity contribution in [1.29, 1.82) is 0 Å². The van der Waals surface area contributed by atoms with E-state index >= 15 is 0 Å². The fraction of sp³-hybridized carbons (Fsp3) is 0.375. The maximum atomic E-state index is 12.0. The van der Waals surface area contributed by atoms with Gasteiger partial charge in [-0.25, -0.2) is 4.79 Å². The van der Waals surface area contributed by atoms with E-state index in [9.17, 15) is 9.59 Å². The largest absolute Gasteiger partial charge is 0.336 e. The van der Waals surface area contributed by atoms with Crippen molar-refractivity contribution >= 4 is 23.7 Å². The highest BCUT2D eigenvalue weighted by molar-refractivity contribution is 7.99. The molecule has 3 amide bonds. The lowest BCUT2D eigenvalue weighted by Gasteiger charge is -2.10. The Labute approximate surface area is 143 Å². The molecule has 1 aromatic carbocycles. The molecule has 0 unspecified atom stereocenters. The van der Waals surface area contributed by atoms with Gasteiger partial charge in [0.05, 0.1) is 5.75 Å². The predicted octanol–water partition coefficient (Wildman–Crippen LogP) is 2.50. The van der Waals surface area contributed by atoms with Crippen molar-refractivity contribution < 1.29 is 14.1 Å². The van der Waals surface area contributed by atoms with Crippen LogP contribution in [-0.4, -0.2) is 45.8 Å². The van der Waals surface area contributed by atoms with Gasteiger partial charge in [-0.2, -0.15) is 4.98 Å². The molecule has 1 N–H and O–H groups in total. The van der Waals surface area contributed by atoms with E-state index in [1.807, 2.05) is 24.3 Å². The van der Waals surface area contributed by atoms with Gasteiger partial charge < -0.3 is 9.84 Å². The van der Waals surface area contributed by atoms with Crippen LogP contribution in [0.5, 0.6) is 0 Å². The van der Waals surface area contributed by atoms with E-state index in [1.54, 1.807) is 0 Å². The zero-order chi connectivity index (χ0) is 17.1. The first-order chi connectivity index (χ1) is 11.5. The second kappa shape index (κ2) is 7.04. The van der Waals surface area contributed by atoms with Crippen LogP contribution < -0.4 is 5.32 Å². The predicted molar refractivity (Wildman–Crippen MR) is 89.7 cm³/mol. The molecule has 2 aromatic rings. The second-order valence-electron chi connectivity index (χ2n) is 5.73. The number of nitrogens with zero attached hydrogens (tertiary/aromatic N) is 3. The van der Waals surface area contributed by atoms with Gasteiger partial charge in [0.15, 0.2) is 0 Å². The lowest BCUT2D eigenvalue weighted by Crippen LogP contribution is -2.35. The topological polar surface area (TPSA) is 88.3 Å². The van der Waals surface area contributed by atoms with Crippen LogP contribution in [0.15, 0.2) is 34.0 Å². The third-order valence-electron chi connectivity index (χ3n) is 3.72. The Morgan fingerprint density at radius 3 is 2.75 bits per heavy atom. The SMILES string of the molecule is CC(C)c1ccc(-c2noc(SCC(=O)N3CCNC3=O)n2)cc1. The first-order valence-corrected chi connectivity index (χ1v) is 8.68. The third-order valence-corrected chi connectivity index (χ3v) is 4.52. The smallest absolute Gasteiger partial charge is 0.324 e. The van der Waals surface area contributed by atoms with Crippen LogP contribution in [0.25, 0.3) is 11.4 Å². The van der Waals surface area contributed by atoms with E-state index in [4.69, 9.17) is 4.52 Å². The molecule has 0 bridgehead atoms. The van der Waals surface area contributed by atoms with E-state index in [1.165, 1.54) is 10.5 Å². The summed E-state index contributed by atoms with van der Waals surface area (Å²) in [5, 5.41) is 6.84. The number of hydrogen-bond donors (Lipinski definition) is 1. The number of hydrogen-bond acceptors (Lipinski definition) is 6. The Morgan fingerprint density at radius 2 is 2.12 bits per heavy atom. The van der Waals surface area contributed by atoms with Gasteiger partial charge in [0, 0.05) is 18.7 Å². The molecule has 126 valence electrons. The fourth-order valence-electron chi connectivity index (χ4n) is 2.31. The maximum absolute atomic E-state index is 12.0. The molecule has 1 fully saturated rings. The monoisotopic (exact) mass is 346 g/mol. The average Bonchev–Trinajstić information content (AvgIpc) is 3.21. The Bertz CT molecular complexity index is 742. The Balaban J connectivity index is 1.61. The van der Waals surface area contributed by atoms with Gasteiger partial charge in [-0.05, 0) is 11.5 Å². The molecule has 0 atom stereocenters. The van der Waals surface area contributed by atoms with Gasteiger partial charge in [-0.15, -0.1) is 0 Å². The minimum Gasteiger partial charge on any atom is -0.336 e. The molecule has 1 aliphatic heterocycles. The summed E-state index contributed by atoms with van der Waals surface area (Å²) in [6.45, 7) is 5.16. The second-order valence-corrected chi connectivity index (χ2v) is 6.65. The van der Waals surface area contributed by atoms with E-state index in [-0.39, 0.29) is 17.7 Å². The molecule has 7 nitrogen and oxygen atoms in total. The first kappa shape index (κ1) is 16.5. The average molecular weight is 346 g/mol. The number of urea groups is 1. The zero-order valence-electron chi connectivity index (χ0n) is 13.5. The minimum atomic E-state index is -0.350. The highest BCUT2D eigenvalue weighted by atomic mass is 32.2. The molecule has 8 heteroatoms. The molecule has 0 radical (unpaired) electrons. The lowest BCUT2D eigenvalue weighted by molar-refractivity contribution is -0.124. The van der Waals surface area contributed by atoms with Crippen LogP contribution in [0.2, 0.25) is 0 Å². The van der Waals surface area contributed by atoms with Crippen molar-refractivity contribution in [2.75, 3.05) is 18.8 Å². The van der Waals surface area contributed by atoms with Crippen LogP contribution >= 0.6 is 11.8 Å². The van der Waals surface area contributed by atoms with Gasteiger partial charge in [-0.1, -0.05) is 55.0 Å². The first-order valence-electron chi connectivity index (χ1n) is 7.69. The number of benzene rings is 1. The molecule has 1 aliphatic rings. The molecule has 3 rings (SSSR count). The Kier molecular flexibility index (Phi) is 4.84. The minimum absolute atomic E-state index is 0.0847. The molecule has 2 heterocycles. The molecule has 1 aromatic heterocycles. The van der Waals surface area contributed by atoms with Crippen LogP contribution in [0, 0.1) is 0 Å². The number of aromatic nitrogens is 2. The molecule has 0 saturated carbocycles. The molecular weight excluding hydrogens is 328 g/mol. The number of imide groups is 1. The molecule has 24 heavy (non-hydrogen) atoms. The highest BCUT2D eigenvalue weighted by Gasteiger charge is 2.26. The van der Waals surface area contributed by atoms with Gasteiger partial charge >= 0.3 is 6.03 Å². The molecule has 0 aliphatic carbocycles. The van der Waals surface area contributed by atoms with E-state index in [0.717, 1.165) is 17.3 Å². The van der Waals surface area contributed by atoms with E-state index < -0.39 is 0 Å². The summed E-state index contributed by atoms with van der Waals surface area (Å²) in [4.78, 5) is 28.9. The molecule has 0 spiro atoms. The summed E-state index contributed by atoms with van der Waals surface area (Å²) in [6.07, 6.45) is 0. The fourth-order valence-corrected chi connectivity index (χ4v) is 2.96. The summed E-state index contributed by atoms with van der Waals surface area (Å²) < 4.78 is 5.17. The van der Waals surface area contributed by atoms with Gasteiger partial charge in [0.1, 0.15) is 0 Å². The number of carbonyl (C=O) groups is 2. The summed E-state index contributed by atoms with van der Waals surface area (Å²) in [6, 6.07) is 7.64. The zero-order valence-corrected chi connectivity index (χ0v) is 14.3. The number of carbonyl (C=O) groups excluding carboxylic acids is 2. The van der Waals surface area contributed by atoms with Crippen molar-refractivity contribution in [3.8, 4) is 11.4 Å². The van der Waals surface area contributed by atoms with Crippen molar-refractivity contribution in [3.63, 3.8) is 0 Å². The third kappa shape index (κ3) is 3.59. The van der Waals surface area contributed by atoms with Crippen LogP contribution in [0.4, 0.5) is 4.79 Å². The van der Waals surface area contributed by atoms with Crippen molar-refractivity contribution in [1.82, 2.24) is 20.4 Å². The van der Waals surface area contributed by atoms with Gasteiger partial charge in [0.2, 0.25) is 11.7 Å². The lowest BCUT2D eigenvalue weighted by atomic mass is 10.0. The van der Waals surface area contributed by atoms with Crippen molar-refractivity contribution in [3.05, 3.63) is 29.8 Å². The highest BCUT2D eigenvalue weighted by Crippen LogP contribution is 2.23. The van der Waals surface area contributed by atoms with Crippen molar-refractivity contribution in [2.45, 2.75) is 25.0 Å². The van der Waals surface area contributed by atoms with Gasteiger partial charge in [0.25, 0.3) is 5.22 Å². The Morgan fingerprint density at radius 1 is 1.38 bits per heavy atom. The Hall–Kier alpha value is -2.35. The summed E-state index contributed by atoms with van der Waals surface area (Å²) in [5.74, 6) is 0.765. The molecular formula is C16H18N4O3S. The normalized spacial score (nSPS) is 14.3. The van der Waals surface area contributed by atoms with Crippen molar-refractivity contribution in [2.24, 2.45) is 0 Å². The number of amides is 3. The van der Waals surface area contributed by atoms with Crippen LogP contribution in [-0.2, 0) is 4.79 Å². The molecule has 1 saturated heterocycles. The van der Waals surface area contributed by atoms with Crippen LogP contribution in [0.3, 0.4) is 0 Å². The van der Waals surface area contributed by atoms with E-state index in [2.05, 4.69) is 29.3 Å². The number of thioether (sulfide) groups is 1. The van der Waals surface area contributed by atoms with Gasteiger partial charge in [-0.3, -0.25) is 9.69 Å². The number of rotatable bonds is 5. The van der Waals surface area contributed by atoms with E-state index in [0.29, 0.717) is 30.1 Å². The van der Waals surface area contributed by atoms with Crippen LogP contribution in [0.1, 0.15) is 25.3 Å². The standard InChI is InChI=1S/C16H18N4O3S/c1-10(2)11-3-5-12(6-4-11)14-18-16(23-19-14)24-9-13(21)20-8-7-17-15(20)22/h3-6,10H,7-9H2,1-2H3,(H,17,22). The summed E-state index contributed by atoms with van der Waals surface area (Å²) in [7, 11) is 0.